The van der Waals surface area contributed by atoms with Crippen molar-refractivity contribution in [3.05, 3.63) is 59.4 Å². The predicted octanol–water partition coefficient (Wildman–Crippen LogP) is 2.66. The van der Waals surface area contributed by atoms with Crippen molar-refractivity contribution in [1.82, 2.24) is 4.98 Å². The fourth-order valence-electron chi connectivity index (χ4n) is 2.21. The van der Waals surface area contributed by atoms with E-state index in [1.807, 2.05) is 31.3 Å². The Hall–Kier alpha value is -1.94. The van der Waals surface area contributed by atoms with Crippen LogP contribution in [0.15, 0.2) is 42.7 Å². The summed E-state index contributed by atoms with van der Waals surface area (Å²) in [5.74, 6) is 0. The molecule has 0 radical (unpaired) electrons. The van der Waals surface area contributed by atoms with Crippen molar-refractivity contribution < 1.29 is 0 Å². The molecule has 1 aromatic carbocycles. The quantitative estimate of drug-likeness (QED) is 0.868. The number of nitrogens with two attached hydrogens (primary N) is 1. The Morgan fingerprint density at radius 2 is 1.95 bits per heavy atom. The molecule has 3 nitrogen and oxygen atoms in total. The number of aryl methyl sites for hydroxylation is 1. The lowest BCUT2D eigenvalue weighted by atomic mass is 10.1. The highest BCUT2D eigenvalue weighted by Gasteiger charge is 2.12. The minimum absolute atomic E-state index is 0.431. The van der Waals surface area contributed by atoms with Crippen LogP contribution in [0.4, 0.5) is 5.69 Å². The highest BCUT2D eigenvalue weighted by Crippen LogP contribution is 2.25. The van der Waals surface area contributed by atoms with Crippen molar-refractivity contribution in [1.29, 1.82) is 0 Å². The topological polar surface area (TPSA) is 42.1 Å². The number of anilines is 1. The van der Waals surface area contributed by atoms with Gasteiger partial charge in [0.25, 0.3) is 0 Å². The molecule has 0 saturated heterocycles. The lowest BCUT2D eigenvalue weighted by Gasteiger charge is -2.24. The monoisotopic (exact) mass is 271 g/mol. The maximum absolute atomic E-state index is 5.81. The Morgan fingerprint density at radius 1 is 1.26 bits per heavy atom. The van der Waals surface area contributed by atoms with E-state index in [2.05, 4.69) is 22.9 Å². The number of benzene rings is 1. The van der Waals surface area contributed by atoms with E-state index in [0.717, 1.165) is 17.8 Å². The average molecular weight is 271 g/mol. The zero-order valence-electron chi connectivity index (χ0n) is 11.1. The second-order valence-corrected chi connectivity index (χ2v) is 4.99. The number of hydrogen-bond donors (Lipinski definition) is 1. The van der Waals surface area contributed by atoms with E-state index in [0.29, 0.717) is 4.99 Å². The summed E-state index contributed by atoms with van der Waals surface area (Å²) in [6.45, 7) is 2.86. The van der Waals surface area contributed by atoms with Gasteiger partial charge in [-0.3, -0.25) is 4.98 Å². The van der Waals surface area contributed by atoms with Crippen LogP contribution in [0.25, 0.3) is 0 Å². The molecule has 19 heavy (non-hydrogen) atoms. The molecule has 0 atom stereocenters. The smallest absolute Gasteiger partial charge is 0.106 e. The summed E-state index contributed by atoms with van der Waals surface area (Å²) in [5.41, 5.74) is 10.2. The Kier molecular flexibility index (Phi) is 4.12. The Balaban J connectivity index is 2.33. The van der Waals surface area contributed by atoms with Crippen LogP contribution in [-0.4, -0.2) is 17.0 Å². The van der Waals surface area contributed by atoms with Crippen molar-refractivity contribution in [2.24, 2.45) is 5.73 Å². The summed E-state index contributed by atoms with van der Waals surface area (Å²) in [5, 5.41) is 0. The maximum Gasteiger partial charge on any atom is 0.106 e. The summed E-state index contributed by atoms with van der Waals surface area (Å²) in [4.78, 5) is 6.63. The van der Waals surface area contributed by atoms with Gasteiger partial charge in [0.15, 0.2) is 0 Å². The molecule has 0 amide bonds. The van der Waals surface area contributed by atoms with Crippen molar-refractivity contribution >= 4 is 22.9 Å². The molecule has 98 valence electrons. The van der Waals surface area contributed by atoms with E-state index < -0.39 is 0 Å². The van der Waals surface area contributed by atoms with E-state index in [-0.39, 0.29) is 0 Å². The number of pyridine rings is 1. The van der Waals surface area contributed by atoms with Gasteiger partial charge in [-0.05, 0) is 36.2 Å². The molecular weight excluding hydrogens is 254 g/mol. The van der Waals surface area contributed by atoms with Crippen LogP contribution in [0.5, 0.6) is 0 Å². The van der Waals surface area contributed by atoms with Gasteiger partial charge >= 0.3 is 0 Å². The fourth-order valence-corrected chi connectivity index (χ4v) is 2.37. The van der Waals surface area contributed by atoms with E-state index >= 15 is 0 Å². The van der Waals surface area contributed by atoms with Crippen molar-refractivity contribution in [3.8, 4) is 0 Å². The summed E-state index contributed by atoms with van der Waals surface area (Å²) < 4.78 is 0. The molecule has 0 unspecified atom stereocenters. The summed E-state index contributed by atoms with van der Waals surface area (Å²) in [6.07, 6.45) is 3.60. The molecule has 1 aromatic heterocycles. The first kappa shape index (κ1) is 13.5. The number of para-hydroxylation sites is 1. The predicted molar refractivity (Wildman–Crippen MR) is 83.4 cm³/mol. The number of thiocarbonyl (C=S) groups is 1. The molecule has 0 aliphatic carbocycles. The molecule has 0 aliphatic rings. The zero-order chi connectivity index (χ0) is 13.8. The molecule has 2 rings (SSSR count). The van der Waals surface area contributed by atoms with Crippen LogP contribution < -0.4 is 10.6 Å². The second kappa shape index (κ2) is 5.80. The first-order valence-electron chi connectivity index (χ1n) is 6.09. The van der Waals surface area contributed by atoms with Crippen molar-refractivity contribution in [2.75, 3.05) is 11.9 Å². The van der Waals surface area contributed by atoms with Crippen LogP contribution in [0, 0.1) is 6.92 Å². The van der Waals surface area contributed by atoms with Crippen LogP contribution in [0.1, 0.15) is 16.7 Å². The molecule has 0 bridgehead atoms. The molecule has 0 spiro atoms. The number of hydrogen-bond acceptors (Lipinski definition) is 3. The molecule has 0 fully saturated rings. The maximum atomic E-state index is 5.81. The highest BCUT2D eigenvalue weighted by atomic mass is 32.1. The standard InChI is InChI=1S/C15H17N3S/c1-11-4-3-5-13(15(16)19)14(11)18(2)10-12-6-8-17-9-7-12/h3-9H,10H2,1-2H3,(H2,16,19). The van der Waals surface area contributed by atoms with Gasteiger partial charge in [-0.25, -0.2) is 0 Å². The lowest BCUT2D eigenvalue weighted by molar-refractivity contribution is 0.912. The van der Waals surface area contributed by atoms with Gasteiger partial charge in [-0.2, -0.15) is 0 Å². The third-order valence-corrected chi connectivity index (χ3v) is 3.27. The normalized spacial score (nSPS) is 10.2. The summed E-state index contributed by atoms with van der Waals surface area (Å²) >= 11 is 5.13. The first-order chi connectivity index (χ1) is 9.09. The van der Waals surface area contributed by atoms with Gasteiger partial charge in [0.1, 0.15) is 4.99 Å². The second-order valence-electron chi connectivity index (χ2n) is 4.55. The third kappa shape index (κ3) is 3.09. The Bertz CT molecular complexity index is 581. The van der Waals surface area contributed by atoms with Gasteiger partial charge in [-0.15, -0.1) is 0 Å². The molecule has 4 heteroatoms. The van der Waals surface area contributed by atoms with Crippen LogP contribution in [0.3, 0.4) is 0 Å². The van der Waals surface area contributed by atoms with Gasteiger partial charge in [0.2, 0.25) is 0 Å². The Labute approximate surface area is 119 Å². The van der Waals surface area contributed by atoms with Gasteiger partial charge < -0.3 is 10.6 Å². The molecule has 1 heterocycles. The zero-order valence-corrected chi connectivity index (χ0v) is 11.9. The minimum Gasteiger partial charge on any atom is -0.389 e. The molecule has 2 aromatic rings. The first-order valence-corrected chi connectivity index (χ1v) is 6.50. The number of nitrogens with zero attached hydrogens (tertiary/aromatic N) is 2. The molecule has 2 N–H and O–H groups in total. The van der Waals surface area contributed by atoms with Crippen LogP contribution in [-0.2, 0) is 6.54 Å². The van der Waals surface area contributed by atoms with E-state index in [4.69, 9.17) is 18.0 Å². The molecule has 0 saturated carbocycles. The van der Waals surface area contributed by atoms with Crippen LogP contribution in [0.2, 0.25) is 0 Å². The highest BCUT2D eigenvalue weighted by molar-refractivity contribution is 7.80. The molecular formula is C15H17N3S. The summed E-state index contributed by atoms with van der Waals surface area (Å²) in [6, 6.07) is 10.0. The summed E-state index contributed by atoms with van der Waals surface area (Å²) in [7, 11) is 2.05. The lowest BCUT2D eigenvalue weighted by Crippen LogP contribution is -2.22. The van der Waals surface area contributed by atoms with Crippen molar-refractivity contribution in [2.45, 2.75) is 13.5 Å². The van der Waals surface area contributed by atoms with Crippen molar-refractivity contribution in [3.63, 3.8) is 0 Å². The van der Waals surface area contributed by atoms with Gasteiger partial charge in [0.05, 0.1) is 0 Å². The van der Waals surface area contributed by atoms with E-state index in [1.54, 1.807) is 12.4 Å². The van der Waals surface area contributed by atoms with Gasteiger partial charge in [-0.1, -0.05) is 24.4 Å². The minimum atomic E-state index is 0.431. The average Bonchev–Trinajstić information content (AvgIpc) is 2.39. The number of rotatable bonds is 4. The van der Waals surface area contributed by atoms with Crippen LogP contribution >= 0.6 is 12.2 Å². The number of aromatic nitrogens is 1. The SMILES string of the molecule is Cc1cccc(C(N)=S)c1N(C)Cc1ccncc1. The fraction of sp³-hybridized carbons (Fsp3) is 0.200. The van der Waals surface area contributed by atoms with Gasteiger partial charge in [0, 0.05) is 37.2 Å². The van der Waals surface area contributed by atoms with E-state index in [1.165, 1.54) is 11.1 Å². The largest absolute Gasteiger partial charge is 0.389 e. The Morgan fingerprint density at radius 3 is 2.58 bits per heavy atom. The van der Waals surface area contributed by atoms with E-state index in [9.17, 15) is 0 Å². The molecule has 0 aliphatic heterocycles. The third-order valence-electron chi connectivity index (χ3n) is 3.05.